The van der Waals surface area contributed by atoms with Crippen molar-refractivity contribution >= 4 is 0 Å². The van der Waals surface area contributed by atoms with Gasteiger partial charge in [-0.2, -0.15) is 5.10 Å². The van der Waals surface area contributed by atoms with Crippen LogP contribution < -0.4 is 5.32 Å². The van der Waals surface area contributed by atoms with Gasteiger partial charge in [0, 0.05) is 25.4 Å². The molecule has 1 aliphatic rings. The van der Waals surface area contributed by atoms with Gasteiger partial charge in [0.15, 0.2) is 6.39 Å². The van der Waals surface area contributed by atoms with Crippen LogP contribution in [0, 0.1) is 0 Å². The molecule has 23 heavy (non-hydrogen) atoms. The lowest BCUT2D eigenvalue weighted by Gasteiger charge is -2.20. The van der Waals surface area contributed by atoms with Crippen LogP contribution in [-0.2, 0) is 11.3 Å². The van der Waals surface area contributed by atoms with Gasteiger partial charge in [0.1, 0.15) is 12.4 Å². The summed E-state index contributed by atoms with van der Waals surface area (Å²) < 4.78 is 12.9. The molecule has 6 nitrogen and oxygen atoms in total. The fourth-order valence-electron chi connectivity index (χ4n) is 2.96. The fraction of sp³-hybridized carbons (Fsp3) is 0.294. The summed E-state index contributed by atoms with van der Waals surface area (Å²) in [5, 5.41) is 7.97. The van der Waals surface area contributed by atoms with Crippen molar-refractivity contribution in [3.8, 4) is 5.69 Å². The Morgan fingerprint density at radius 3 is 2.96 bits per heavy atom. The summed E-state index contributed by atoms with van der Waals surface area (Å²) in [7, 11) is 0. The molecular formula is C17H18N4O2. The molecule has 0 bridgehead atoms. The van der Waals surface area contributed by atoms with Gasteiger partial charge < -0.3 is 14.5 Å². The second-order valence-electron chi connectivity index (χ2n) is 5.55. The third kappa shape index (κ3) is 2.91. The Morgan fingerprint density at radius 2 is 2.13 bits per heavy atom. The Bertz CT molecular complexity index is 739. The number of nitrogens with one attached hydrogen (secondary N) is 1. The third-order valence-corrected chi connectivity index (χ3v) is 4.08. The highest BCUT2D eigenvalue weighted by molar-refractivity contribution is 5.33. The predicted octanol–water partition coefficient (Wildman–Crippen LogP) is 2.48. The largest absolute Gasteiger partial charge is 0.451 e. The fourth-order valence-corrected chi connectivity index (χ4v) is 2.96. The number of ether oxygens (including phenoxy) is 1. The van der Waals surface area contributed by atoms with Gasteiger partial charge in [-0.1, -0.05) is 18.2 Å². The number of benzene rings is 1. The third-order valence-electron chi connectivity index (χ3n) is 4.08. The van der Waals surface area contributed by atoms with E-state index in [2.05, 4.69) is 15.4 Å². The monoisotopic (exact) mass is 310 g/mol. The minimum absolute atomic E-state index is 0.0235. The molecule has 4 rings (SSSR count). The average molecular weight is 310 g/mol. The van der Waals surface area contributed by atoms with Gasteiger partial charge in [0.2, 0.25) is 0 Å². The van der Waals surface area contributed by atoms with Gasteiger partial charge in [-0.05, 0) is 24.6 Å². The number of hydrogen-bond acceptors (Lipinski definition) is 5. The summed E-state index contributed by atoms with van der Waals surface area (Å²) >= 11 is 0. The summed E-state index contributed by atoms with van der Waals surface area (Å²) in [6.45, 7) is 1.40. The first-order valence-corrected chi connectivity index (χ1v) is 7.73. The number of rotatable bonds is 5. The molecule has 3 aromatic rings. The predicted molar refractivity (Wildman–Crippen MR) is 84.0 cm³/mol. The summed E-state index contributed by atoms with van der Waals surface area (Å²) in [4.78, 5) is 4.14. The minimum Gasteiger partial charge on any atom is -0.451 e. The molecule has 0 saturated carbocycles. The lowest BCUT2D eigenvalue weighted by Crippen LogP contribution is -2.32. The van der Waals surface area contributed by atoms with Crippen molar-refractivity contribution in [3.05, 3.63) is 66.6 Å². The maximum Gasteiger partial charge on any atom is 0.180 e. The molecule has 1 saturated heterocycles. The molecule has 2 atom stereocenters. The molecular weight excluding hydrogens is 292 g/mol. The quantitative estimate of drug-likeness (QED) is 0.784. The molecule has 2 aromatic heterocycles. The van der Waals surface area contributed by atoms with Crippen LogP contribution in [0.25, 0.3) is 5.69 Å². The number of hydrogen-bond donors (Lipinski definition) is 1. The molecule has 0 unspecified atom stereocenters. The van der Waals surface area contributed by atoms with Crippen LogP contribution in [-0.4, -0.2) is 27.4 Å². The topological polar surface area (TPSA) is 65.1 Å². The van der Waals surface area contributed by atoms with E-state index < -0.39 is 0 Å². The summed E-state index contributed by atoms with van der Waals surface area (Å²) in [5.41, 5.74) is 3.00. The molecule has 1 aliphatic heterocycles. The number of aromatic nitrogens is 3. The first-order chi connectivity index (χ1) is 11.4. The van der Waals surface area contributed by atoms with E-state index in [1.807, 2.05) is 47.3 Å². The standard InChI is InChI=1S/C17H18N4O2/c1-2-4-14(5-3-1)21-16(6-8-20-21)17-15(7-9-23-17)18-10-13-11-22-12-19-13/h1-6,8,11-12,15,17-18H,7,9-10H2/t15-,17-/m0/s1. The molecule has 3 heterocycles. The van der Waals surface area contributed by atoms with Crippen LogP contribution >= 0.6 is 0 Å². The Hall–Kier alpha value is -2.44. The summed E-state index contributed by atoms with van der Waals surface area (Å²) in [6, 6.07) is 12.4. The Labute approximate surface area is 134 Å². The van der Waals surface area contributed by atoms with E-state index in [0.29, 0.717) is 6.54 Å². The number of nitrogens with zero attached hydrogens (tertiary/aromatic N) is 3. The van der Waals surface area contributed by atoms with Crippen molar-refractivity contribution < 1.29 is 9.15 Å². The zero-order chi connectivity index (χ0) is 15.5. The molecule has 0 spiro atoms. The van der Waals surface area contributed by atoms with E-state index in [-0.39, 0.29) is 12.1 Å². The van der Waals surface area contributed by atoms with Gasteiger partial charge >= 0.3 is 0 Å². The second kappa shape index (κ2) is 6.36. The Morgan fingerprint density at radius 1 is 1.22 bits per heavy atom. The first-order valence-electron chi connectivity index (χ1n) is 7.73. The van der Waals surface area contributed by atoms with Gasteiger partial charge in [-0.15, -0.1) is 0 Å². The van der Waals surface area contributed by atoms with E-state index in [1.165, 1.54) is 6.39 Å². The van der Waals surface area contributed by atoms with E-state index in [1.54, 1.807) is 6.26 Å². The maximum absolute atomic E-state index is 5.97. The zero-order valence-electron chi connectivity index (χ0n) is 12.6. The van der Waals surface area contributed by atoms with Crippen LogP contribution in [0.3, 0.4) is 0 Å². The first kappa shape index (κ1) is 14.2. The normalized spacial score (nSPS) is 20.9. The Kier molecular flexibility index (Phi) is 3.92. The van der Waals surface area contributed by atoms with Crippen LogP contribution in [0.15, 0.2) is 59.7 Å². The summed E-state index contributed by atoms with van der Waals surface area (Å²) in [5.74, 6) is 0. The molecule has 0 aliphatic carbocycles. The molecule has 0 amide bonds. The molecule has 6 heteroatoms. The van der Waals surface area contributed by atoms with Crippen molar-refractivity contribution in [1.82, 2.24) is 20.1 Å². The van der Waals surface area contributed by atoms with Crippen LogP contribution in [0.1, 0.15) is 23.9 Å². The van der Waals surface area contributed by atoms with Crippen LogP contribution in [0.5, 0.6) is 0 Å². The van der Waals surface area contributed by atoms with Crippen molar-refractivity contribution in [2.45, 2.75) is 25.1 Å². The zero-order valence-corrected chi connectivity index (χ0v) is 12.6. The average Bonchev–Trinajstić information content (AvgIpc) is 3.33. The van der Waals surface area contributed by atoms with E-state index in [0.717, 1.165) is 30.1 Å². The van der Waals surface area contributed by atoms with E-state index >= 15 is 0 Å². The van der Waals surface area contributed by atoms with Gasteiger partial charge in [0.25, 0.3) is 0 Å². The smallest absolute Gasteiger partial charge is 0.180 e. The van der Waals surface area contributed by atoms with Crippen LogP contribution in [0.2, 0.25) is 0 Å². The van der Waals surface area contributed by atoms with Gasteiger partial charge in [-0.3, -0.25) is 0 Å². The Balaban J connectivity index is 1.54. The molecule has 118 valence electrons. The van der Waals surface area contributed by atoms with Crippen LogP contribution in [0.4, 0.5) is 0 Å². The summed E-state index contributed by atoms with van der Waals surface area (Å²) in [6.07, 6.45) is 5.86. The second-order valence-corrected chi connectivity index (χ2v) is 5.55. The van der Waals surface area contributed by atoms with Crippen molar-refractivity contribution in [3.63, 3.8) is 0 Å². The van der Waals surface area contributed by atoms with Crippen molar-refractivity contribution in [2.75, 3.05) is 6.61 Å². The van der Waals surface area contributed by atoms with E-state index in [4.69, 9.17) is 9.15 Å². The maximum atomic E-state index is 5.97. The molecule has 0 radical (unpaired) electrons. The lowest BCUT2D eigenvalue weighted by molar-refractivity contribution is 0.0930. The molecule has 1 aromatic carbocycles. The SMILES string of the molecule is c1ccc(-n2nccc2[C@H]2OCC[C@@H]2NCc2cocn2)cc1. The highest BCUT2D eigenvalue weighted by Gasteiger charge is 2.32. The highest BCUT2D eigenvalue weighted by Crippen LogP contribution is 2.30. The number of para-hydroxylation sites is 1. The van der Waals surface area contributed by atoms with Crippen molar-refractivity contribution in [1.29, 1.82) is 0 Å². The minimum atomic E-state index is -0.0235. The lowest BCUT2D eigenvalue weighted by atomic mass is 10.1. The highest BCUT2D eigenvalue weighted by atomic mass is 16.5. The molecule has 1 N–H and O–H groups in total. The molecule has 1 fully saturated rings. The number of oxazole rings is 1. The van der Waals surface area contributed by atoms with Gasteiger partial charge in [0.05, 0.1) is 17.1 Å². The van der Waals surface area contributed by atoms with E-state index in [9.17, 15) is 0 Å². The van der Waals surface area contributed by atoms with Crippen molar-refractivity contribution in [2.24, 2.45) is 0 Å². The van der Waals surface area contributed by atoms with Gasteiger partial charge in [-0.25, -0.2) is 9.67 Å².